The Bertz CT molecular complexity index is 1040. The van der Waals surface area contributed by atoms with Gasteiger partial charge in [-0.3, -0.25) is 14.9 Å². The Morgan fingerprint density at radius 2 is 1.77 bits per heavy atom. The van der Waals surface area contributed by atoms with E-state index in [-0.39, 0.29) is 17.0 Å². The Hall–Kier alpha value is -3.50. The van der Waals surface area contributed by atoms with Crippen molar-refractivity contribution in [3.05, 3.63) is 90.0 Å². The number of carbonyl (C=O) groups is 1. The van der Waals surface area contributed by atoms with Crippen LogP contribution in [0.4, 0.5) is 5.69 Å². The largest absolute Gasteiger partial charge is 0.471 e. The minimum atomic E-state index is -4.39. The number of carbonyl (C=O) groups excluding carboxylic acids is 1. The van der Waals surface area contributed by atoms with Crippen LogP contribution in [0.25, 0.3) is 0 Å². The summed E-state index contributed by atoms with van der Waals surface area (Å²) in [5, 5.41) is 10.9. The van der Waals surface area contributed by atoms with Crippen molar-refractivity contribution >= 4 is 21.7 Å². The second-order valence-electron chi connectivity index (χ2n) is 6.21. The van der Waals surface area contributed by atoms with E-state index in [2.05, 4.69) is 13.2 Å². The van der Waals surface area contributed by atoms with Gasteiger partial charge in [0, 0.05) is 12.1 Å². The van der Waals surface area contributed by atoms with Crippen LogP contribution in [0.15, 0.2) is 84.8 Å². The number of benzene rings is 2. The van der Waals surface area contributed by atoms with Gasteiger partial charge in [0.15, 0.2) is 6.23 Å². The van der Waals surface area contributed by atoms with E-state index in [0.717, 1.165) is 35.7 Å². The number of esters is 1. The van der Waals surface area contributed by atoms with Gasteiger partial charge in [-0.15, -0.1) is 10.9 Å². The van der Waals surface area contributed by atoms with Crippen LogP contribution in [0.1, 0.15) is 6.42 Å². The van der Waals surface area contributed by atoms with Gasteiger partial charge in [-0.2, -0.15) is 0 Å². The number of nitro benzene ring substituents is 1. The smallest absolute Gasteiger partial charge is 0.324 e. The standard InChI is InChI=1S/C21H22N2O7S/c1-4-9-19(21(24)29-3)22(20(5-2)30-17-10-7-6-8-11-17)31(27,28)18-14-12-16(13-15-18)23(25)26/h4-8,10-15,19-20H,1-2,9H2,3H3. The van der Waals surface area contributed by atoms with Crippen LogP contribution < -0.4 is 4.74 Å². The third-order valence-electron chi connectivity index (χ3n) is 4.25. The summed E-state index contributed by atoms with van der Waals surface area (Å²) < 4.78 is 38.5. The first-order chi connectivity index (χ1) is 14.8. The highest BCUT2D eigenvalue weighted by Gasteiger charge is 2.41. The second kappa shape index (κ2) is 10.5. The van der Waals surface area contributed by atoms with Crippen LogP contribution >= 0.6 is 0 Å². The number of sulfonamides is 1. The molecule has 0 spiro atoms. The van der Waals surface area contributed by atoms with E-state index >= 15 is 0 Å². The third-order valence-corrected chi connectivity index (χ3v) is 6.13. The molecule has 2 atom stereocenters. The lowest BCUT2D eigenvalue weighted by atomic mass is 10.2. The highest BCUT2D eigenvalue weighted by Crippen LogP contribution is 2.27. The van der Waals surface area contributed by atoms with Crippen molar-refractivity contribution < 1.29 is 27.6 Å². The maximum absolute atomic E-state index is 13.5. The zero-order valence-corrected chi connectivity index (χ0v) is 17.6. The molecule has 2 aromatic rings. The van der Waals surface area contributed by atoms with Crippen LogP contribution in [0, 0.1) is 10.1 Å². The molecule has 0 aliphatic carbocycles. The molecule has 0 aliphatic heterocycles. The fourth-order valence-corrected chi connectivity index (χ4v) is 4.42. The number of rotatable bonds is 11. The maximum Gasteiger partial charge on any atom is 0.324 e. The van der Waals surface area contributed by atoms with E-state index < -0.39 is 33.2 Å². The molecule has 0 fully saturated rings. The fraction of sp³-hybridized carbons (Fsp3) is 0.190. The van der Waals surface area contributed by atoms with E-state index in [0.29, 0.717) is 5.75 Å². The molecule has 2 unspecified atom stereocenters. The molecule has 0 saturated heterocycles. The van der Waals surface area contributed by atoms with Crippen LogP contribution in [0.5, 0.6) is 5.75 Å². The van der Waals surface area contributed by atoms with Crippen LogP contribution in [-0.2, 0) is 19.6 Å². The number of methoxy groups -OCH3 is 1. The van der Waals surface area contributed by atoms with Crippen LogP contribution in [0.3, 0.4) is 0 Å². The van der Waals surface area contributed by atoms with Gasteiger partial charge in [0.05, 0.1) is 16.9 Å². The Labute approximate surface area is 180 Å². The molecule has 10 heteroatoms. The summed E-state index contributed by atoms with van der Waals surface area (Å²) in [6.45, 7) is 7.24. The Balaban J connectivity index is 2.60. The van der Waals surface area contributed by atoms with Crippen molar-refractivity contribution in [1.82, 2.24) is 4.31 Å². The molecule has 2 rings (SSSR count). The molecular weight excluding hydrogens is 424 g/mol. The van der Waals surface area contributed by atoms with Gasteiger partial charge in [0.1, 0.15) is 11.8 Å². The maximum atomic E-state index is 13.5. The molecule has 0 aliphatic rings. The number of hydrogen-bond donors (Lipinski definition) is 0. The number of para-hydroxylation sites is 1. The number of ether oxygens (including phenoxy) is 2. The first kappa shape index (κ1) is 23.8. The summed E-state index contributed by atoms with van der Waals surface area (Å²) in [6.07, 6.45) is 1.26. The van der Waals surface area contributed by atoms with Gasteiger partial charge >= 0.3 is 5.97 Å². The van der Waals surface area contributed by atoms with Crippen molar-refractivity contribution in [3.8, 4) is 5.75 Å². The van der Waals surface area contributed by atoms with Gasteiger partial charge in [-0.1, -0.05) is 30.9 Å². The van der Waals surface area contributed by atoms with Gasteiger partial charge in [0.25, 0.3) is 5.69 Å². The molecule has 0 N–H and O–H groups in total. The predicted molar refractivity (Wildman–Crippen MR) is 114 cm³/mol. The van der Waals surface area contributed by atoms with E-state index in [1.54, 1.807) is 30.3 Å². The number of nitrogens with zero attached hydrogens (tertiary/aromatic N) is 2. The van der Waals surface area contributed by atoms with Crippen molar-refractivity contribution in [2.45, 2.75) is 23.6 Å². The van der Waals surface area contributed by atoms with Crippen LogP contribution in [0.2, 0.25) is 0 Å². The van der Waals surface area contributed by atoms with Gasteiger partial charge in [-0.25, -0.2) is 8.42 Å². The summed E-state index contributed by atoms with van der Waals surface area (Å²) in [5.41, 5.74) is -0.276. The molecule has 0 radical (unpaired) electrons. The summed E-state index contributed by atoms with van der Waals surface area (Å²) in [6, 6.07) is 11.4. The Morgan fingerprint density at radius 3 is 2.26 bits per heavy atom. The van der Waals surface area contributed by atoms with E-state index in [9.17, 15) is 23.3 Å². The fourth-order valence-electron chi connectivity index (χ4n) is 2.78. The molecule has 0 amide bonds. The van der Waals surface area contributed by atoms with E-state index in [1.165, 1.54) is 12.2 Å². The lowest BCUT2D eigenvalue weighted by Crippen LogP contribution is -2.52. The minimum absolute atomic E-state index is 0.0681. The number of nitro groups is 1. The molecule has 9 nitrogen and oxygen atoms in total. The Morgan fingerprint density at radius 1 is 1.16 bits per heavy atom. The highest BCUT2D eigenvalue weighted by atomic mass is 32.2. The van der Waals surface area contributed by atoms with Crippen molar-refractivity contribution in [3.63, 3.8) is 0 Å². The third kappa shape index (κ3) is 5.56. The van der Waals surface area contributed by atoms with Gasteiger partial charge < -0.3 is 9.47 Å². The summed E-state index contributed by atoms with van der Waals surface area (Å²) in [7, 11) is -3.25. The number of non-ortho nitro benzene ring substituents is 1. The number of hydrogen-bond acceptors (Lipinski definition) is 7. The Kier molecular flexibility index (Phi) is 8.06. The molecule has 0 aromatic heterocycles. The monoisotopic (exact) mass is 446 g/mol. The molecule has 164 valence electrons. The normalized spacial score (nSPS) is 13.1. The SMILES string of the molecule is C=CCC(C(=O)OC)N(C(C=C)Oc1ccccc1)S(=O)(=O)c1ccc([N+](=O)[O-])cc1. The molecule has 31 heavy (non-hydrogen) atoms. The summed E-state index contributed by atoms with van der Waals surface area (Å²) in [4.78, 5) is 22.5. The first-order valence-electron chi connectivity index (χ1n) is 9.07. The average molecular weight is 446 g/mol. The highest BCUT2D eigenvalue weighted by molar-refractivity contribution is 7.89. The topological polar surface area (TPSA) is 116 Å². The molecule has 0 bridgehead atoms. The molecular formula is C21H22N2O7S. The summed E-state index contributed by atoms with van der Waals surface area (Å²) >= 11 is 0. The second-order valence-corrected chi connectivity index (χ2v) is 8.05. The van der Waals surface area contributed by atoms with Gasteiger partial charge in [-0.05, 0) is 36.8 Å². The zero-order valence-electron chi connectivity index (χ0n) is 16.8. The first-order valence-corrected chi connectivity index (χ1v) is 10.5. The van der Waals surface area contributed by atoms with Gasteiger partial charge in [0.2, 0.25) is 10.0 Å². The average Bonchev–Trinajstić information content (AvgIpc) is 2.78. The van der Waals surface area contributed by atoms with Crippen LogP contribution in [-0.4, -0.2) is 43.0 Å². The molecule has 0 heterocycles. The quantitative estimate of drug-likeness (QED) is 0.171. The molecule has 0 saturated carbocycles. The van der Waals surface area contributed by atoms with Crippen molar-refractivity contribution in [2.24, 2.45) is 0 Å². The lowest BCUT2D eigenvalue weighted by Gasteiger charge is -2.33. The van der Waals surface area contributed by atoms with E-state index in [1.807, 2.05) is 0 Å². The minimum Gasteiger partial charge on any atom is -0.471 e. The predicted octanol–water partition coefficient (Wildman–Crippen LogP) is 3.29. The lowest BCUT2D eigenvalue weighted by molar-refractivity contribution is -0.384. The zero-order chi connectivity index (χ0) is 23.0. The molecule has 2 aromatic carbocycles. The van der Waals surface area contributed by atoms with Crippen molar-refractivity contribution in [2.75, 3.05) is 7.11 Å². The van der Waals surface area contributed by atoms with E-state index in [4.69, 9.17) is 9.47 Å². The summed E-state index contributed by atoms with van der Waals surface area (Å²) in [5.74, 6) is -0.479. The van der Waals surface area contributed by atoms with Crippen molar-refractivity contribution in [1.29, 1.82) is 0 Å².